The Morgan fingerprint density at radius 2 is 2.12 bits per heavy atom. The summed E-state index contributed by atoms with van der Waals surface area (Å²) in [7, 11) is 1.60. The van der Waals surface area contributed by atoms with Crippen molar-refractivity contribution in [2.45, 2.75) is 6.92 Å². The highest BCUT2D eigenvalue weighted by atomic mass is 16.5. The van der Waals surface area contributed by atoms with Gasteiger partial charge in [-0.15, -0.1) is 15.3 Å². The van der Waals surface area contributed by atoms with Gasteiger partial charge in [-0.05, 0) is 19.1 Å². The van der Waals surface area contributed by atoms with E-state index in [1.165, 1.54) is 0 Å². The number of dihydropyridines is 1. The van der Waals surface area contributed by atoms with E-state index in [2.05, 4.69) is 30.8 Å². The van der Waals surface area contributed by atoms with Crippen molar-refractivity contribution in [1.82, 2.24) is 15.5 Å². The smallest absolute Gasteiger partial charge is 0.257 e. The maximum Gasteiger partial charge on any atom is 0.257 e. The Morgan fingerprint density at radius 3 is 2.83 bits per heavy atom. The summed E-state index contributed by atoms with van der Waals surface area (Å²) in [4.78, 5) is 2.19. The molecule has 128 valence electrons. The number of aromatic nitrogens is 2. The van der Waals surface area contributed by atoms with Crippen LogP contribution in [0.3, 0.4) is 0 Å². The summed E-state index contributed by atoms with van der Waals surface area (Å²) in [5.41, 5.74) is 4.30. The number of rotatable bonds is 4. The first kappa shape index (κ1) is 16.2. The fourth-order valence-electron chi connectivity index (χ4n) is 2.73. The molecule has 0 amide bonds. The molecule has 3 heterocycles. The van der Waals surface area contributed by atoms with E-state index in [9.17, 15) is 0 Å². The zero-order valence-electron chi connectivity index (χ0n) is 13.8. The first-order valence-electron chi connectivity index (χ1n) is 7.74. The molecule has 0 radical (unpaired) electrons. The number of anilines is 1. The zero-order chi connectivity index (χ0) is 16.9. The van der Waals surface area contributed by atoms with Gasteiger partial charge in [-0.3, -0.25) is 0 Å². The molecule has 2 aliphatic rings. The second-order valence-corrected chi connectivity index (χ2v) is 5.47. The van der Waals surface area contributed by atoms with Crippen LogP contribution in [0.15, 0.2) is 33.9 Å². The lowest BCUT2D eigenvalue weighted by atomic mass is 10.1. The predicted molar refractivity (Wildman–Crippen MR) is 89.3 cm³/mol. The maximum atomic E-state index is 5.42. The Balaban J connectivity index is 1.99. The minimum absolute atomic E-state index is 0.508. The highest BCUT2D eigenvalue weighted by molar-refractivity contribution is 5.78. The molecule has 9 heteroatoms. The molecule has 0 saturated carbocycles. The predicted octanol–water partition coefficient (Wildman–Crippen LogP) is 0.866. The number of morpholine rings is 1. The van der Waals surface area contributed by atoms with Crippen LogP contribution in [0.5, 0.6) is 5.88 Å². The molecule has 0 aliphatic carbocycles. The lowest BCUT2D eigenvalue weighted by molar-refractivity contribution is 0.122. The van der Waals surface area contributed by atoms with Gasteiger partial charge in [0.25, 0.3) is 5.88 Å². The van der Waals surface area contributed by atoms with Crippen LogP contribution in [0.25, 0.3) is 5.57 Å². The van der Waals surface area contributed by atoms with E-state index in [4.69, 9.17) is 15.3 Å². The van der Waals surface area contributed by atoms with Gasteiger partial charge in [0.05, 0.1) is 38.3 Å². The van der Waals surface area contributed by atoms with Gasteiger partial charge in [0.1, 0.15) is 5.69 Å². The third-order valence-electron chi connectivity index (χ3n) is 4.00. The second-order valence-electron chi connectivity index (χ2n) is 5.47. The number of nitrogens with one attached hydrogen (secondary N) is 1. The van der Waals surface area contributed by atoms with Gasteiger partial charge in [-0.1, -0.05) is 5.22 Å². The number of nitrogens with zero attached hydrogens (tertiary/aromatic N) is 5. The third kappa shape index (κ3) is 3.30. The van der Waals surface area contributed by atoms with Crippen molar-refractivity contribution in [3.63, 3.8) is 0 Å². The van der Waals surface area contributed by atoms with Gasteiger partial charge in [0.2, 0.25) is 0 Å². The quantitative estimate of drug-likeness (QED) is 0.478. The Bertz CT molecular complexity index is 693. The average Bonchev–Trinajstić information content (AvgIpc) is 2.64. The topological polar surface area (TPSA) is 110 Å². The van der Waals surface area contributed by atoms with Gasteiger partial charge in [-0.2, -0.15) is 0 Å². The lowest BCUT2D eigenvalue weighted by Gasteiger charge is -2.29. The van der Waals surface area contributed by atoms with Crippen molar-refractivity contribution in [1.29, 1.82) is 0 Å². The Kier molecular flexibility index (Phi) is 4.90. The van der Waals surface area contributed by atoms with E-state index >= 15 is 0 Å². The fourth-order valence-corrected chi connectivity index (χ4v) is 2.73. The van der Waals surface area contributed by atoms with E-state index < -0.39 is 0 Å². The molecule has 1 aromatic rings. The van der Waals surface area contributed by atoms with E-state index in [1.54, 1.807) is 7.11 Å². The van der Waals surface area contributed by atoms with Crippen LogP contribution in [-0.2, 0) is 4.74 Å². The third-order valence-corrected chi connectivity index (χ3v) is 4.00. The van der Waals surface area contributed by atoms with E-state index in [1.807, 2.05) is 19.1 Å². The molecular formula is C15H21N7O2. The normalized spacial score (nSPS) is 18.6. The minimum Gasteiger partial charge on any atom is -0.478 e. The molecule has 1 fully saturated rings. The zero-order valence-corrected chi connectivity index (χ0v) is 13.8. The summed E-state index contributed by atoms with van der Waals surface area (Å²) < 4.78 is 10.8. The number of methoxy groups -OCH3 is 1. The van der Waals surface area contributed by atoms with E-state index in [0.29, 0.717) is 25.6 Å². The number of hydrogen-bond acceptors (Lipinski definition) is 8. The van der Waals surface area contributed by atoms with Crippen LogP contribution in [0, 0.1) is 0 Å². The van der Waals surface area contributed by atoms with Crippen molar-refractivity contribution in [2.24, 2.45) is 16.2 Å². The molecular weight excluding hydrogens is 310 g/mol. The Labute approximate surface area is 140 Å². The molecule has 2 aliphatic heterocycles. The van der Waals surface area contributed by atoms with Crippen LogP contribution in [0.1, 0.15) is 12.6 Å². The Morgan fingerprint density at radius 1 is 1.33 bits per heavy atom. The SMILES string of the molecule is COc1nnc(C2=C(C)NCC(N=NN)=C2)cc1N1CCOCC1. The molecule has 1 aromatic heterocycles. The summed E-state index contributed by atoms with van der Waals surface area (Å²) in [6.45, 7) is 5.52. The molecule has 9 nitrogen and oxygen atoms in total. The summed E-state index contributed by atoms with van der Waals surface area (Å²) in [6.07, 6.45) is 1.92. The number of ether oxygens (including phenoxy) is 2. The molecule has 3 N–H and O–H groups in total. The average molecular weight is 331 g/mol. The van der Waals surface area contributed by atoms with E-state index in [-0.39, 0.29) is 0 Å². The first-order valence-corrected chi connectivity index (χ1v) is 7.74. The Hall–Kier alpha value is -2.68. The lowest BCUT2D eigenvalue weighted by Crippen LogP contribution is -2.36. The molecule has 0 spiro atoms. The highest BCUT2D eigenvalue weighted by Crippen LogP contribution is 2.31. The summed E-state index contributed by atoms with van der Waals surface area (Å²) in [6, 6.07) is 1.98. The monoisotopic (exact) mass is 331 g/mol. The van der Waals surface area contributed by atoms with Gasteiger partial charge >= 0.3 is 0 Å². The van der Waals surface area contributed by atoms with Crippen molar-refractivity contribution in [3.8, 4) is 5.88 Å². The summed E-state index contributed by atoms with van der Waals surface area (Å²) >= 11 is 0. The van der Waals surface area contributed by atoms with Crippen LogP contribution in [0.4, 0.5) is 5.69 Å². The molecule has 0 aromatic carbocycles. The molecule has 1 saturated heterocycles. The van der Waals surface area contributed by atoms with Crippen LogP contribution in [-0.4, -0.2) is 50.2 Å². The standard InChI is InChI=1S/C15H21N7O2/c1-10-12(7-11(9-17-10)18-21-16)13-8-14(15(23-2)20-19-13)22-3-5-24-6-4-22/h7-8,17H,3-6,9H2,1-2H3,(H2,16,18). The van der Waals surface area contributed by atoms with Crippen LogP contribution in [0.2, 0.25) is 0 Å². The minimum atomic E-state index is 0.508. The first-order chi connectivity index (χ1) is 11.7. The van der Waals surface area contributed by atoms with Crippen molar-refractivity contribution < 1.29 is 9.47 Å². The molecule has 0 atom stereocenters. The van der Waals surface area contributed by atoms with Crippen molar-refractivity contribution in [3.05, 3.63) is 29.2 Å². The molecule has 0 unspecified atom stereocenters. The second kappa shape index (κ2) is 7.26. The molecule has 24 heavy (non-hydrogen) atoms. The highest BCUT2D eigenvalue weighted by Gasteiger charge is 2.20. The van der Waals surface area contributed by atoms with Gasteiger partial charge in [-0.25, -0.2) is 0 Å². The maximum absolute atomic E-state index is 5.42. The number of allylic oxidation sites excluding steroid dienone is 3. The van der Waals surface area contributed by atoms with Gasteiger partial charge in [0, 0.05) is 24.4 Å². The van der Waals surface area contributed by atoms with Crippen LogP contribution < -0.4 is 20.8 Å². The van der Waals surface area contributed by atoms with Crippen molar-refractivity contribution >= 4 is 11.3 Å². The van der Waals surface area contributed by atoms with Gasteiger partial charge < -0.3 is 25.5 Å². The van der Waals surface area contributed by atoms with Crippen LogP contribution >= 0.6 is 0 Å². The summed E-state index contributed by atoms with van der Waals surface area (Å²) in [5, 5.41) is 19.0. The van der Waals surface area contributed by atoms with Gasteiger partial charge in [0.15, 0.2) is 0 Å². The fraction of sp³-hybridized carbons (Fsp3) is 0.467. The summed E-state index contributed by atoms with van der Waals surface area (Å²) in [5.74, 6) is 5.66. The number of nitrogens with two attached hydrogens (primary N) is 1. The van der Waals surface area contributed by atoms with E-state index in [0.717, 1.165) is 41.4 Å². The largest absolute Gasteiger partial charge is 0.478 e. The number of hydrogen-bond donors (Lipinski definition) is 2. The molecule has 3 rings (SSSR count). The molecule has 0 bridgehead atoms. The van der Waals surface area contributed by atoms with Crippen molar-refractivity contribution in [2.75, 3.05) is 44.9 Å².